The van der Waals surface area contributed by atoms with E-state index in [1.165, 1.54) is 12.1 Å². The third-order valence-electron chi connectivity index (χ3n) is 5.20. The van der Waals surface area contributed by atoms with Crippen LogP contribution in [0.25, 0.3) is 33.4 Å². The largest absolute Gasteiger partial charge is 0.450 e. The Morgan fingerprint density at radius 3 is 2.23 bits per heavy atom. The second-order valence-corrected chi connectivity index (χ2v) is 7.13. The molecule has 31 heavy (non-hydrogen) atoms. The van der Waals surface area contributed by atoms with Gasteiger partial charge in [-0.2, -0.15) is 13.2 Å². The van der Waals surface area contributed by atoms with Gasteiger partial charge in [0.05, 0.1) is 22.1 Å². The minimum absolute atomic E-state index is 0.186. The predicted octanol–water partition coefficient (Wildman–Crippen LogP) is 6.56. The average molecular weight is 416 g/mol. The van der Waals surface area contributed by atoms with Crippen LogP contribution in [0.15, 0.2) is 84.9 Å². The van der Waals surface area contributed by atoms with Gasteiger partial charge in [-0.15, -0.1) is 0 Å². The van der Waals surface area contributed by atoms with Crippen LogP contribution >= 0.6 is 0 Å². The number of carbonyl (C=O) groups excluding carboxylic acids is 1. The van der Waals surface area contributed by atoms with Crippen molar-refractivity contribution in [2.75, 3.05) is 0 Å². The molecule has 3 nitrogen and oxygen atoms in total. The molecule has 0 radical (unpaired) electrons. The van der Waals surface area contributed by atoms with Gasteiger partial charge in [-0.25, -0.2) is 4.98 Å². The number of allylic oxidation sites excluding steroid dienone is 1. The fourth-order valence-corrected chi connectivity index (χ4v) is 3.91. The van der Waals surface area contributed by atoms with Crippen LogP contribution < -0.4 is 0 Å². The molecular formula is C25H15F3N2O. The molecule has 0 amide bonds. The minimum atomic E-state index is -4.69. The zero-order chi connectivity index (χ0) is 21.6. The average Bonchev–Trinajstić information content (AvgIpc) is 3.12. The molecule has 3 aromatic carbocycles. The maximum Gasteiger partial charge on any atom is 0.450 e. The number of nitrogens with zero attached hydrogens (tertiary/aromatic N) is 2. The Hall–Kier alpha value is -3.93. The first-order valence-corrected chi connectivity index (χ1v) is 9.62. The van der Waals surface area contributed by atoms with Gasteiger partial charge in [0.1, 0.15) is 0 Å². The minimum Gasteiger partial charge on any atom is -0.289 e. The third-order valence-corrected chi connectivity index (χ3v) is 5.20. The number of ketones is 1. The standard InChI is InChI=1S/C25H15F3N2O/c26-25(27,28)24-29-19-12-6-4-10-17(19)23-22(18-11-5-7-13-20(18)30(23)24)21(31)15-14-16-8-2-1-3-9-16/h1-15H/b15-14+. The molecule has 0 fully saturated rings. The lowest BCUT2D eigenvalue weighted by molar-refractivity contribution is -0.145. The van der Waals surface area contributed by atoms with Gasteiger partial charge in [-0.1, -0.05) is 72.8 Å². The molecule has 0 aliphatic heterocycles. The SMILES string of the molecule is O=C(/C=C/c1ccccc1)c1c2ccccc2n2c(C(F)(F)F)nc3ccccc3c12. The Morgan fingerprint density at radius 2 is 1.48 bits per heavy atom. The molecule has 0 bridgehead atoms. The van der Waals surface area contributed by atoms with Gasteiger partial charge in [0.25, 0.3) is 0 Å². The summed E-state index contributed by atoms with van der Waals surface area (Å²) >= 11 is 0. The molecule has 0 aliphatic carbocycles. The summed E-state index contributed by atoms with van der Waals surface area (Å²) < 4.78 is 43.0. The Labute approximate surface area is 175 Å². The van der Waals surface area contributed by atoms with Crippen molar-refractivity contribution in [1.29, 1.82) is 0 Å². The maximum absolute atomic E-state index is 14.0. The smallest absolute Gasteiger partial charge is 0.289 e. The lowest BCUT2D eigenvalue weighted by atomic mass is 10.0. The molecule has 0 saturated carbocycles. The highest BCUT2D eigenvalue weighted by atomic mass is 19.4. The summed E-state index contributed by atoms with van der Waals surface area (Å²) in [4.78, 5) is 17.2. The van der Waals surface area contributed by atoms with E-state index in [0.29, 0.717) is 16.3 Å². The van der Waals surface area contributed by atoms with Crippen LogP contribution in [-0.4, -0.2) is 15.2 Å². The molecule has 0 spiro atoms. The fourth-order valence-electron chi connectivity index (χ4n) is 3.91. The fraction of sp³-hybridized carbons (Fsp3) is 0.0400. The van der Waals surface area contributed by atoms with Crippen LogP contribution in [0.4, 0.5) is 13.2 Å². The highest BCUT2D eigenvalue weighted by Crippen LogP contribution is 2.38. The summed E-state index contributed by atoms with van der Waals surface area (Å²) in [6.07, 6.45) is -1.63. The van der Waals surface area contributed by atoms with Gasteiger partial charge in [0.15, 0.2) is 5.78 Å². The van der Waals surface area contributed by atoms with Gasteiger partial charge in [-0.05, 0) is 23.8 Å². The molecule has 5 rings (SSSR count). The monoisotopic (exact) mass is 416 g/mol. The molecular weight excluding hydrogens is 401 g/mol. The number of benzene rings is 3. The predicted molar refractivity (Wildman–Crippen MR) is 115 cm³/mol. The number of alkyl halides is 3. The quantitative estimate of drug-likeness (QED) is 0.247. The first-order chi connectivity index (χ1) is 14.9. The van der Waals surface area contributed by atoms with Crippen LogP contribution in [-0.2, 0) is 6.18 Å². The summed E-state index contributed by atoms with van der Waals surface area (Å²) in [5, 5.41) is 0.942. The summed E-state index contributed by atoms with van der Waals surface area (Å²) in [5.74, 6) is -1.42. The molecule has 2 heterocycles. The zero-order valence-corrected chi connectivity index (χ0v) is 16.1. The number of halogens is 3. The van der Waals surface area contributed by atoms with Crippen molar-refractivity contribution in [3.63, 3.8) is 0 Å². The van der Waals surface area contributed by atoms with Crippen LogP contribution in [0, 0.1) is 0 Å². The van der Waals surface area contributed by atoms with E-state index >= 15 is 0 Å². The molecule has 0 saturated heterocycles. The van der Waals surface area contributed by atoms with Crippen molar-refractivity contribution >= 4 is 39.2 Å². The molecule has 0 N–H and O–H groups in total. The van der Waals surface area contributed by atoms with Crippen molar-refractivity contribution in [2.45, 2.75) is 6.18 Å². The van der Waals surface area contributed by atoms with Crippen LogP contribution in [0.3, 0.4) is 0 Å². The van der Waals surface area contributed by atoms with E-state index in [4.69, 9.17) is 0 Å². The number of para-hydroxylation sites is 2. The van der Waals surface area contributed by atoms with Crippen molar-refractivity contribution in [1.82, 2.24) is 9.38 Å². The van der Waals surface area contributed by atoms with Crippen molar-refractivity contribution in [3.8, 4) is 0 Å². The van der Waals surface area contributed by atoms with E-state index in [9.17, 15) is 18.0 Å². The second-order valence-electron chi connectivity index (χ2n) is 7.13. The van der Waals surface area contributed by atoms with Crippen LogP contribution in [0.2, 0.25) is 0 Å². The molecule has 152 valence electrons. The Bertz CT molecular complexity index is 1480. The number of carbonyl (C=O) groups is 1. The van der Waals surface area contributed by atoms with E-state index in [1.54, 1.807) is 48.5 Å². The summed E-state index contributed by atoms with van der Waals surface area (Å²) in [6, 6.07) is 22.4. The third kappa shape index (κ3) is 3.17. The lowest BCUT2D eigenvalue weighted by Gasteiger charge is -2.12. The van der Waals surface area contributed by atoms with Crippen molar-refractivity contribution < 1.29 is 18.0 Å². The summed E-state index contributed by atoms with van der Waals surface area (Å²) in [7, 11) is 0. The van der Waals surface area contributed by atoms with Crippen LogP contribution in [0.1, 0.15) is 21.7 Å². The highest BCUT2D eigenvalue weighted by molar-refractivity contribution is 6.23. The lowest BCUT2D eigenvalue weighted by Crippen LogP contribution is -2.15. The number of hydrogen-bond donors (Lipinski definition) is 0. The van der Waals surface area contributed by atoms with E-state index in [1.807, 2.05) is 30.3 Å². The molecule has 2 aromatic heterocycles. The number of fused-ring (bicyclic) bond motifs is 5. The van der Waals surface area contributed by atoms with Gasteiger partial charge in [0, 0.05) is 10.8 Å². The molecule has 0 aliphatic rings. The second kappa shape index (κ2) is 7.09. The molecule has 5 aromatic rings. The topological polar surface area (TPSA) is 34.4 Å². The van der Waals surface area contributed by atoms with Gasteiger partial charge in [-0.3, -0.25) is 9.20 Å². The normalized spacial score (nSPS) is 12.4. The number of rotatable bonds is 3. The summed E-state index contributed by atoms with van der Waals surface area (Å²) in [6.45, 7) is 0. The van der Waals surface area contributed by atoms with Gasteiger partial charge < -0.3 is 0 Å². The Kier molecular flexibility index (Phi) is 4.36. The number of hydrogen-bond acceptors (Lipinski definition) is 2. The van der Waals surface area contributed by atoms with Gasteiger partial charge in [0.2, 0.25) is 5.82 Å². The van der Waals surface area contributed by atoms with E-state index in [2.05, 4.69) is 4.98 Å². The first-order valence-electron chi connectivity index (χ1n) is 9.62. The first kappa shape index (κ1) is 19.1. The summed E-state index contributed by atoms with van der Waals surface area (Å²) in [5.41, 5.74) is 1.74. The molecule has 6 heteroatoms. The van der Waals surface area contributed by atoms with Crippen LogP contribution in [0.5, 0.6) is 0 Å². The zero-order valence-electron chi connectivity index (χ0n) is 16.1. The van der Waals surface area contributed by atoms with Crippen molar-refractivity contribution in [2.24, 2.45) is 0 Å². The van der Waals surface area contributed by atoms with E-state index < -0.39 is 12.0 Å². The maximum atomic E-state index is 14.0. The number of aromatic nitrogens is 2. The Morgan fingerprint density at radius 1 is 0.839 bits per heavy atom. The molecule has 0 unspecified atom stereocenters. The van der Waals surface area contributed by atoms with E-state index in [-0.39, 0.29) is 22.4 Å². The highest BCUT2D eigenvalue weighted by Gasteiger charge is 2.38. The van der Waals surface area contributed by atoms with Crippen molar-refractivity contribution in [3.05, 3.63) is 102 Å². The molecule has 0 atom stereocenters. The Balaban J connectivity index is 1.89. The van der Waals surface area contributed by atoms with E-state index in [0.717, 1.165) is 9.96 Å². The van der Waals surface area contributed by atoms with Gasteiger partial charge >= 0.3 is 6.18 Å².